The van der Waals surface area contributed by atoms with Gasteiger partial charge in [0.2, 0.25) is 5.91 Å². The summed E-state index contributed by atoms with van der Waals surface area (Å²) in [5, 5.41) is 6.61. The molecule has 0 aliphatic rings. The Morgan fingerprint density at radius 3 is 2.61 bits per heavy atom. The van der Waals surface area contributed by atoms with Gasteiger partial charge in [-0.2, -0.15) is 18.3 Å². The van der Waals surface area contributed by atoms with Crippen molar-refractivity contribution in [2.45, 2.75) is 19.1 Å². The summed E-state index contributed by atoms with van der Waals surface area (Å²) < 4.78 is 41.5. The van der Waals surface area contributed by atoms with Gasteiger partial charge in [0.05, 0.1) is 12.3 Å². The molecule has 0 spiro atoms. The Morgan fingerprint density at radius 2 is 2.00 bits per heavy atom. The van der Waals surface area contributed by atoms with Gasteiger partial charge in [0.25, 0.3) is 0 Å². The molecular formula is C14H15F3N4O2. The summed E-state index contributed by atoms with van der Waals surface area (Å²) in [4.78, 5) is 15.3. The summed E-state index contributed by atoms with van der Waals surface area (Å²) in [6, 6.07) is 7.28. The second-order valence-corrected chi connectivity index (χ2v) is 4.70. The van der Waals surface area contributed by atoms with Crippen molar-refractivity contribution in [2.75, 3.05) is 13.2 Å². The van der Waals surface area contributed by atoms with E-state index < -0.39 is 12.8 Å². The molecule has 1 amide bonds. The van der Waals surface area contributed by atoms with E-state index in [2.05, 4.69) is 20.1 Å². The lowest BCUT2D eigenvalue weighted by molar-refractivity contribution is -0.174. The maximum atomic E-state index is 11.8. The van der Waals surface area contributed by atoms with Gasteiger partial charge in [0.1, 0.15) is 19.3 Å². The van der Waals surface area contributed by atoms with Gasteiger partial charge >= 0.3 is 6.18 Å². The van der Waals surface area contributed by atoms with Crippen molar-refractivity contribution >= 4 is 5.91 Å². The third-order valence-corrected chi connectivity index (χ3v) is 2.85. The van der Waals surface area contributed by atoms with Crippen molar-refractivity contribution in [3.63, 3.8) is 0 Å². The van der Waals surface area contributed by atoms with Gasteiger partial charge in [-0.25, -0.2) is 9.67 Å². The van der Waals surface area contributed by atoms with Crippen molar-refractivity contribution in [1.29, 1.82) is 0 Å². The fraction of sp³-hybridized carbons (Fsp3) is 0.357. The highest BCUT2D eigenvalue weighted by Crippen LogP contribution is 2.14. The number of benzene rings is 1. The van der Waals surface area contributed by atoms with Crippen LogP contribution in [0.4, 0.5) is 13.2 Å². The SMILES string of the molecule is O=C(CCOCC(F)(F)F)NCc1ccc(-n2cncn2)cc1. The van der Waals surface area contributed by atoms with E-state index in [4.69, 9.17) is 0 Å². The highest BCUT2D eigenvalue weighted by atomic mass is 19.4. The minimum atomic E-state index is -4.37. The minimum Gasteiger partial charge on any atom is -0.372 e. The van der Waals surface area contributed by atoms with E-state index in [1.165, 1.54) is 6.33 Å². The van der Waals surface area contributed by atoms with Crippen molar-refractivity contribution in [1.82, 2.24) is 20.1 Å². The van der Waals surface area contributed by atoms with Crippen LogP contribution < -0.4 is 5.32 Å². The van der Waals surface area contributed by atoms with Gasteiger partial charge in [0, 0.05) is 13.0 Å². The molecule has 1 aromatic heterocycles. The molecule has 0 unspecified atom stereocenters. The van der Waals surface area contributed by atoms with Crippen LogP contribution in [0.25, 0.3) is 5.69 Å². The van der Waals surface area contributed by atoms with E-state index in [0.717, 1.165) is 11.3 Å². The number of amides is 1. The Balaban J connectivity index is 1.70. The number of hydrogen-bond donors (Lipinski definition) is 1. The van der Waals surface area contributed by atoms with Gasteiger partial charge < -0.3 is 10.1 Å². The zero-order valence-electron chi connectivity index (χ0n) is 12.1. The molecule has 0 aliphatic carbocycles. The highest BCUT2D eigenvalue weighted by Gasteiger charge is 2.27. The van der Waals surface area contributed by atoms with Crippen molar-refractivity contribution < 1.29 is 22.7 Å². The highest BCUT2D eigenvalue weighted by molar-refractivity contribution is 5.75. The number of halogens is 3. The van der Waals surface area contributed by atoms with Crippen LogP contribution in [0.1, 0.15) is 12.0 Å². The zero-order valence-corrected chi connectivity index (χ0v) is 12.1. The molecule has 0 radical (unpaired) electrons. The second kappa shape index (κ2) is 7.73. The van der Waals surface area contributed by atoms with E-state index in [1.54, 1.807) is 11.0 Å². The number of aromatic nitrogens is 3. The van der Waals surface area contributed by atoms with E-state index in [-0.39, 0.29) is 25.5 Å². The summed E-state index contributed by atoms with van der Waals surface area (Å²) in [5.74, 6) is -0.368. The van der Waals surface area contributed by atoms with Crippen LogP contribution in [-0.2, 0) is 16.1 Å². The molecule has 1 heterocycles. The van der Waals surface area contributed by atoms with E-state index in [1.807, 2.05) is 24.3 Å². The Bertz CT molecular complexity index is 612. The molecule has 0 saturated heterocycles. The first-order valence-electron chi connectivity index (χ1n) is 6.79. The number of alkyl halides is 3. The number of nitrogens with zero attached hydrogens (tertiary/aromatic N) is 3. The van der Waals surface area contributed by atoms with Crippen LogP contribution in [0.2, 0.25) is 0 Å². The molecule has 0 fully saturated rings. The van der Waals surface area contributed by atoms with Crippen molar-refractivity contribution in [3.05, 3.63) is 42.5 Å². The minimum absolute atomic E-state index is 0.118. The molecule has 0 aliphatic heterocycles. The number of carbonyl (C=O) groups excluding carboxylic acids is 1. The quantitative estimate of drug-likeness (QED) is 0.788. The Kier molecular flexibility index (Phi) is 5.69. The number of carbonyl (C=O) groups is 1. The predicted octanol–water partition coefficient (Wildman–Crippen LogP) is 1.85. The molecular weight excluding hydrogens is 313 g/mol. The third-order valence-electron chi connectivity index (χ3n) is 2.85. The Labute approximate surface area is 130 Å². The van der Waals surface area contributed by atoms with E-state index in [9.17, 15) is 18.0 Å². The van der Waals surface area contributed by atoms with Crippen LogP contribution in [-0.4, -0.2) is 40.1 Å². The maximum Gasteiger partial charge on any atom is 0.411 e. The molecule has 0 atom stereocenters. The summed E-state index contributed by atoms with van der Waals surface area (Å²) in [6.45, 7) is -1.32. The third kappa shape index (κ3) is 6.07. The summed E-state index contributed by atoms with van der Waals surface area (Å²) in [5.41, 5.74) is 1.69. The zero-order chi connectivity index (χ0) is 16.7. The average Bonchev–Trinajstić information content (AvgIpc) is 3.03. The Morgan fingerprint density at radius 1 is 1.26 bits per heavy atom. The first kappa shape index (κ1) is 16.9. The molecule has 2 rings (SSSR count). The smallest absolute Gasteiger partial charge is 0.372 e. The molecule has 9 heteroatoms. The first-order chi connectivity index (χ1) is 10.9. The molecule has 124 valence electrons. The van der Waals surface area contributed by atoms with Gasteiger partial charge in [-0.15, -0.1) is 0 Å². The molecule has 0 bridgehead atoms. The standard InChI is InChI=1S/C14H15F3N4O2/c15-14(16,17)8-23-6-5-13(22)19-7-11-1-3-12(4-2-11)21-10-18-9-20-21/h1-4,9-10H,5-8H2,(H,19,22). The molecule has 23 heavy (non-hydrogen) atoms. The molecule has 1 aromatic carbocycles. The van der Waals surface area contributed by atoms with Crippen LogP contribution >= 0.6 is 0 Å². The van der Waals surface area contributed by atoms with Crippen LogP contribution in [0, 0.1) is 0 Å². The number of hydrogen-bond acceptors (Lipinski definition) is 4. The summed E-state index contributed by atoms with van der Waals surface area (Å²) in [6.07, 6.45) is -1.50. The predicted molar refractivity (Wildman–Crippen MR) is 74.7 cm³/mol. The molecule has 0 saturated carbocycles. The number of nitrogens with one attached hydrogen (secondary N) is 1. The largest absolute Gasteiger partial charge is 0.411 e. The number of rotatable bonds is 7. The summed E-state index contributed by atoms with van der Waals surface area (Å²) in [7, 11) is 0. The Hall–Kier alpha value is -2.42. The fourth-order valence-electron chi connectivity index (χ4n) is 1.75. The first-order valence-corrected chi connectivity index (χ1v) is 6.79. The van der Waals surface area contributed by atoms with Crippen molar-refractivity contribution in [2.24, 2.45) is 0 Å². The van der Waals surface area contributed by atoms with Crippen LogP contribution in [0.15, 0.2) is 36.9 Å². The lowest BCUT2D eigenvalue weighted by Gasteiger charge is -2.08. The van der Waals surface area contributed by atoms with Gasteiger partial charge in [-0.1, -0.05) is 12.1 Å². The van der Waals surface area contributed by atoms with E-state index in [0.29, 0.717) is 0 Å². The summed E-state index contributed by atoms with van der Waals surface area (Å²) >= 11 is 0. The number of ether oxygens (including phenoxy) is 1. The van der Waals surface area contributed by atoms with Gasteiger partial charge in [0.15, 0.2) is 0 Å². The second-order valence-electron chi connectivity index (χ2n) is 4.70. The van der Waals surface area contributed by atoms with E-state index >= 15 is 0 Å². The lowest BCUT2D eigenvalue weighted by atomic mass is 10.2. The monoisotopic (exact) mass is 328 g/mol. The molecule has 2 aromatic rings. The maximum absolute atomic E-state index is 11.8. The molecule has 1 N–H and O–H groups in total. The normalized spacial score (nSPS) is 11.4. The van der Waals surface area contributed by atoms with Crippen molar-refractivity contribution in [3.8, 4) is 5.69 Å². The lowest BCUT2D eigenvalue weighted by Crippen LogP contribution is -2.25. The topological polar surface area (TPSA) is 69.0 Å². The van der Waals surface area contributed by atoms with Gasteiger partial charge in [-0.05, 0) is 17.7 Å². The van der Waals surface area contributed by atoms with Gasteiger partial charge in [-0.3, -0.25) is 4.79 Å². The molecule has 6 nitrogen and oxygen atoms in total. The average molecular weight is 328 g/mol. The van der Waals surface area contributed by atoms with Crippen LogP contribution in [0.3, 0.4) is 0 Å². The van der Waals surface area contributed by atoms with Crippen LogP contribution in [0.5, 0.6) is 0 Å². The fourth-order valence-corrected chi connectivity index (χ4v) is 1.75.